The number of carbonyl (C=O) groups is 2. The summed E-state index contributed by atoms with van der Waals surface area (Å²) >= 11 is 0. The molecule has 7 nitrogen and oxygen atoms in total. The van der Waals surface area contributed by atoms with E-state index in [-0.39, 0.29) is 30.1 Å². The third-order valence-electron chi connectivity index (χ3n) is 5.52. The topological polar surface area (TPSA) is 62.3 Å². The van der Waals surface area contributed by atoms with Crippen LogP contribution in [0.15, 0.2) is 24.3 Å². The van der Waals surface area contributed by atoms with Crippen LogP contribution in [0.3, 0.4) is 0 Å². The van der Waals surface area contributed by atoms with Crippen LogP contribution in [-0.2, 0) is 9.53 Å². The van der Waals surface area contributed by atoms with E-state index in [0.29, 0.717) is 19.5 Å². The van der Waals surface area contributed by atoms with Crippen molar-refractivity contribution >= 4 is 17.6 Å². The standard InChI is InChI=1S/C18H23N3O4/c1-24-13-9-15-17(22)21(18(23)20(15)11-13)12-7-8-19(10-12)14-5-3-4-6-16(14)25-2/h3-6,12-13,15H,7-11H2,1-2H3/t12-,13-,15-/m0/s1. The second-order valence-electron chi connectivity index (χ2n) is 6.81. The Balaban J connectivity index is 1.49. The number of carbonyl (C=O) groups excluding carboxylic acids is 2. The Kier molecular flexibility index (Phi) is 4.03. The van der Waals surface area contributed by atoms with E-state index in [2.05, 4.69) is 4.90 Å². The smallest absolute Gasteiger partial charge is 0.327 e. The molecule has 3 heterocycles. The van der Waals surface area contributed by atoms with Crippen LogP contribution in [0, 0.1) is 0 Å². The fourth-order valence-corrected chi connectivity index (χ4v) is 4.21. The first-order chi connectivity index (χ1) is 12.1. The van der Waals surface area contributed by atoms with Gasteiger partial charge in [0.25, 0.3) is 5.91 Å². The number of hydrogen-bond acceptors (Lipinski definition) is 5. The molecule has 3 aliphatic rings. The molecule has 0 N–H and O–H groups in total. The predicted octanol–water partition coefficient (Wildman–Crippen LogP) is 1.33. The maximum absolute atomic E-state index is 12.8. The highest BCUT2D eigenvalue weighted by atomic mass is 16.5. The summed E-state index contributed by atoms with van der Waals surface area (Å²) in [6.07, 6.45) is 1.35. The van der Waals surface area contributed by atoms with Gasteiger partial charge < -0.3 is 19.3 Å². The van der Waals surface area contributed by atoms with Crippen LogP contribution in [0.25, 0.3) is 0 Å². The second-order valence-corrected chi connectivity index (χ2v) is 6.81. The molecule has 0 spiro atoms. The van der Waals surface area contributed by atoms with E-state index in [4.69, 9.17) is 9.47 Å². The number of nitrogens with zero attached hydrogens (tertiary/aromatic N) is 3. The molecule has 0 aliphatic carbocycles. The molecule has 1 aromatic rings. The maximum Gasteiger partial charge on any atom is 0.327 e. The fraction of sp³-hybridized carbons (Fsp3) is 0.556. The van der Waals surface area contributed by atoms with E-state index in [9.17, 15) is 9.59 Å². The number of ether oxygens (including phenoxy) is 2. The molecule has 3 atom stereocenters. The van der Waals surface area contributed by atoms with Crippen LogP contribution in [0.4, 0.5) is 10.5 Å². The minimum atomic E-state index is -0.349. The highest BCUT2D eigenvalue weighted by molar-refractivity contribution is 6.05. The molecule has 3 saturated heterocycles. The third kappa shape index (κ3) is 2.54. The van der Waals surface area contributed by atoms with Crippen molar-refractivity contribution in [1.82, 2.24) is 9.80 Å². The normalized spacial score (nSPS) is 28.9. The molecule has 134 valence electrons. The number of rotatable bonds is 4. The largest absolute Gasteiger partial charge is 0.495 e. The lowest BCUT2D eigenvalue weighted by atomic mass is 10.1. The summed E-state index contributed by atoms with van der Waals surface area (Å²) in [4.78, 5) is 30.9. The van der Waals surface area contributed by atoms with Gasteiger partial charge in [-0.15, -0.1) is 0 Å². The number of fused-ring (bicyclic) bond motifs is 1. The zero-order chi connectivity index (χ0) is 17.6. The molecular weight excluding hydrogens is 322 g/mol. The molecule has 0 radical (unpaired) electrons. The first kappa shape index (κ1) is 16.2. The Bertz CT molecular complexity index is 671. The Morgan fingerprint density at radius 2 is 1.92 bits per heavy atom. The molecule has 3 amide bonds. The zero-order valence-electron chi connectivity index (χ0n) is 14.6. The molecule has 7 heteroatoms. The van der Waals surface area contributed by atoms with Gasteiger partial charge in [0.15, 0.2) is 0 Å². The highest BCUT2D eigenvalue weighted by Gasteiger charge is 2.53. The molecule has 0 bridgehead atoms. The number of anilines is 1. The van der Waals surface area contributed by atoms with Gasteiger partial charge in [0, 0.05) is 33.2 Å². The van der Waals surface area contributed by atoms with E-state index in [0.717, 1.165) is 24.4 Å². The average Bonchev–Trinajstić information content (AvgIpc) is 3.32. The lowest BCUT2D eigenvalue weighted by Gasteiger charge is -2.25. The Hall–Kier alpha value is -2.28. The summed E-state index contributed by atoms with van der Waals surface area (Å²) in [5.74, 6) is 0.738. The van der Waals surface area contributed by atoms with Crippen molar-refractivity contribution in [2.45, 2.75) is 31.0 Å². The van der Waals surface area contributed by atoms with Crippen molar-refractivity contribution < 1.29 is 19.1 Å². The van der Waals surface area contributed by atoms with Gasteiger partial charge in [-0.25, -0.2) is 4.79 Å². The van der Waals surface area contributed by atoms with Gasteiger partial charge in [0.05, 0.1) is 24.9 Å². The van der Waals surface area contributed by atoms with Gasteiger partial charge in [0.1, 0.15) is 11.8 Å². The Morgan fingerprint density at radius 1 is 1.12 bits per heavy atom. The monoisotopic (exact) mass is 345 g/mol. The molecule has 3 aliphatic heterocycles. The number of hydrogen-bond donors (Lipinski definition) is 0. The Labute approximate surface area is 147 Å². The van der Waals surface area contributed by atoms with Gasteiger partial charge in [0.2, 0.25) is 0 Å². The summed E-state index contributed by atoms with van der Waals surface area (Å²) in [7, 11) is 3.28. The van der Waals surface area contributed by atoms with Crippen LogP contribution in [0.5, 0.6) is 5.75 Å². The lowest BCUT2D eigenvalue weighted by molar-refractivity contribution is -0.129. The molecule has 0 saturated carbocycles. The van der Waals surface area contributed by atoms with Gasteiger partial charge in [-0.1, -0.05) is 12.1 Å². The molecule has 1 aromatic carbocycles. The van der Waals surface area contributed by atoms with Crippen LogP contribution in [0.1, 0.15) is 12.8 Å². The van der Waals surface area contributed by atoms with Gasteiger partial charge >= 0.3 is 6.03 Å². The van der Waals surface area contributed by atoms with E-state index >= 15 is 0 Å². The van der Waals surface area contributed by atoms with Crippen molar-refractivity contribution in [2.75, 3.05) is 38.8 Å². The zero-order valence-corrected chi connectivity index (χ0v) is 14.6. The van der Waals surface area contributed by atoms with Crippen molar-refractivity contribution in [3.8, 4) is 5.75 Å². The summed E-state index contributed by atoms with van der Waals surface area (Å²) in [5.41, 5.74) is 1.01. The van der Waals surface area contributed by atoms with E-state index in [1.165, 1.54) is 4.90 Å². The van der Waals surface area contributed by atoms with Gasteiger partial charge in [-0.05, 0) is 18.6 Å². The first-order valence-corrected chi connectivity index (χ1v) is 8.68. The Morgan fingerprint density at radius 3 is 2.64 bits per heavy atom. The minimum absolute atomic E-state index is 0.0336. The number of imide groups is 1. The maximum atomic E-state index is 12.8. The number of amides is 3. The predicted molar refractivity (Wildman–Crippen MR) is 91.8 cm³/mol. The van der Waals surface area contributed by atoms with Crippen LogP contribution >= 0.6 is 0 Å². The minimum Gasteiger partial charge on any atom is -0.495 e. The van der Waals surface area contributed by atoms with Crippen molar-refractivity contribution in [2.24, 2.45) is 0 Å². The number of methoxy groups -OCH3 is 2. The van der Waals surface area contributed by atoms with Crippen LogP contribution in [-0.4, -0.2) is 73.8 Å². The summed E-state index contributed by atoms with van der Waals surface area (Å²) in [6, 6.07) is 7.24. The quantitative estimate of drug-likeness (QED) is 0.771. The average molecular weight is 345 g/mol. The molecule has 3 fully saturated rings. The lowest BCUT2D eigenvalue weighted by Crippen LogP contribution is -2.44. The fourth-order valence-electron chi connectivity index (χ4n) is 4.21. The molecule has 4 rings (SSSR count). The number of urea groups is 1. The summed E-state index contributed by atoms with van der Waals surface area (Å²) in [5, 5.41) is 0. The van der Waals surface area contributed by atoms with Crippen molar-refractivity contribution in [3.63, 3.8) is 0 Å². The number of benzene rings is 1. The SMILES string of the molecule is COc1ccccc1N1CC[C@H](N2C(=O)[C@@H]3C[C@H](OC)CN3C2=O)C1. The van der Waals surface area contributed by atoms with Crippen LogP contribution in [0.2, 0.25) is 0 Å². The molecular formula is C18H23N3O4. The van der Waals surface area contributed by atoms with E-state index in [1.54, 1.807) is 19.1 Å². The van der Waals surface area contributed by atoms with Crippen LogP contribution < -0.4 is 9.64 Å². The summed E-state index contributed by atoms with van der Waals surface area (Å²) < 4.78 is 10.8. The summed E-state index contributed by atoms with van der Waals surface area (Å²) in [6.45, 7) is 1.95. The van der Waals surface area contributed by atoms with Crippen molar-refractivity contribution in [3.05, 3.63) is 24.3 Å². The molecule has 0 unspecified atom stereocenters. The molecule has 25 heavy (non-hydrogen) atoms. The number of para-hydroxylation sites is 2. The highest BCUT2D eigenvalue weighted by Crippen LogP contribution is 2.35. The molecule has 0 aromatic heterocycles. The second kappa shape index (κ2) is 6.22. The van der Waals surface area contributed by atoms with E-state index in [1.807, 2.05) is 24.3 Å². The van der Waals surface area contributed by atoms with E-state index < -0.39 is 0 Å². The van der Waals surface area contributed by atoms with Crippen molar-refractivity contribution in [1.29, 1.82) is 0 Å². The third-order valence-corrected chi connectivity index (χ3v) is 5.52. The first-order valence-electron chi connectivity index (χ1n) is 8.68. The van der Waals surface area contributed by atoms with Gasteiger partial charge in [-0.3, -0.25) is 9.69 Å². The van der Waals surface area contributed by atoms with Gasteiger partial charge in [-0.2, -0.15) is 0 Å².